The van der Waals surface area contributed by atoms with E-state index in [0.29, 0.717) is 54.9 Å². The van der Waals surface area contributed by atoms with E-state index in [1.807, 2.05) is 58.3 Å². The van der Waals surface area contributed by atoms with Crippen LogP contribution in [0.1, 0.15) is 92.9 Å². The van der Waals surface area contributed by atoms with E-state index in [9.17, 15) is 24.0 Å². The minimum Gasteiger partial charge on any atom is -0.454 e. The molecule has 2 saturated heterocycles. The lowest BCUT2D eigenvalue weighted by atomic mass is 10.0. The van der Waals surface area contributed by atoms with Crippen LogP contribution in [0.3, 0.4) is 0 Å². The largest absolute Gasteiger partial charge is 0.454 e. The second-order valence-corrected chi connectivity index (χ2v) is 19.2. The molecular formula is C51H57N9O10. The summed E-state index contributed by atoms with van der Waals surface area (Å²) in [5.41, 5.74) is 9.80. The van der Waals surface area contributed by atoms with Gasteiger partial charge in [0.25, 0.3) is 0 Å². The van der Waals surface area contributed by atoms with E-state index in [0.717, 1.165) is 63.0 Å². The molecule has 0 bridgehead atoms. The number of fused-ring (bicyclic) bond motifs is 5. The standard InChI is InChI=1S/C51H57N9O10/c1-26(2)43(56-49(63)66-5)47(61)59-13-7-8-39(59)45-52-20-37(54-45)28-9-11-35-30(14-28)16-31-15-29(10-12-36(31)35)38-21-53-46(55-38)40-19-34(24-60(40)48(62)44(27(3)4)57-50(64)67-6)70-51(65)58-22-32-17-41-42(69-25-68-41)18-33(32)23-58/h9-12,14-15,17-18,20-21,26-27,34,39-40,43-44H,7-8,13,16,19,22-25H2,1-6H3,(H,52,54)(H,53,55)(H,56,63)(H,57,64)/t34?,39-,40-,43?,44-/m0/s1. The normalized spacial score (nSPS) is 19.5. The number of methoxy groups -OCH3 is 2. The van der Waals surface area contributed by atoms with E-state index >= 15 is 0 Å². The van der Waals surface area contributed by atoms with Crippen molar-refractivity contribution in [1.29, 1.82) is 0 Å². The molecule has 0 saturated carbocycles. The summed E-state index contributed by atoms with van der Waals surface area (Å²) >= 11 is 0. The first-order chi connectivity index (χ1) is 33.8. The van der Waals surface area contributed by atoms with Crippen LogP contribution in [0.15, 0.2) is 60.9 Å². The van der Waals surface area contributed by atoms with Gasteiger partial charge in [0.1, 0.15) is 29.8 Å². The molecule has 366 valence electrons. The van der Waals surface area contributed by atoms with E-state index < -0.39 is 42.5 Å². The third-order valence-corrected chi connectivity index (χ3v) is 14.1. The van der Waals surface area contributed by atoms with E-state index in [1.165, 1.54) is 14.2 Å². The van der Waals surface area contributed by atoms with Crippen molar-refractivity contribution in [3.05, 3.63) is 94.8 Å². The van der Waals surface area contributed by atoms with Crippen molar-refractivity contribution in [2.45, 2.75) is 96.7 Å². The summed E-state index contributed by atoms with van der Waals surface area (Å²) in [4.78, 5) is 88.0. The van der Waals surface area contributed by atoms with Crippen molar-refractivity contribution in [2.24, 2.45) is 11.8 Å². The topological polar surface area (TPSA) is 223 Å². The molecule has 5 aromatic rings. The van der Waals surface area contributed by atoms with Gasteiger partial charge in [-0.15, -0.1) is 0 Å². The molecule has 4 aliphatic heterocycles. The van der Waals surface area contributed by atoms with Crippen LogP contribution in [0.4, 0.5) is 14.4 Å². The Hall–Kier alpha value is -7.57. The second-order valence-electron chi connectivity index (χ2n) is 19.2. The molecule has 5 atom stereocenters. The third-order valence-electron chi connectivity index (χ3n) is 14.1. The fourth-order valence-electron chi connectivity index (χ4n) is 10.4. The van der Waals surface area contributed by atoms with Crippen molar-refractivity contribution >= 4 is 30.1 Å². The van der Waals surface area contributed by atoms with Crippen LogP contribution in [-0.2, 0) is 43.3 Å². The second kappa shape index (κ2) is 18.7. The molecule has 0 radical (unpaired) electrons. The number of carbonyl (C=O) groups is 5. The number of aromatic amines is 2. The van der Waals surface area contributed by atoms with Crippen LogP contribution in [-0.4, -0.2) is 117 Å². The first-order valence-electron chi connectivity index (χ1n) is 23.8. The van der Waals surface area contributed by atoms with Gasteiger partial charge in [-0.25, -0.2) is 24.4 Å². The number of rotatable bonds is 11. The number of likely N-dealkylation sites (tertiary alicyclic amines) is 2. The molecule has 2 fully saturated rings. The van der Waals surface area contributed by atoms with Gasteiger partial charge in [0.05, 0.1) is 44.2 Å². The number of amides is 5. The number of hydrogen-bond donors (Lipinski definition) is 4. The van der Waals surface area contributed by atoms with E-state index in [4.69, 9.17) is 33.7 Å². The van der Waals surface area contributed by atoms with Crippen LogP contribution >= 0.6 is 0 Å². The van der Waals surface area contributed by atoms with Crippen molar-refractivity contribution in [3.63, 3.8) is 0 Å². The Morgan fingerprint density at radius 3 is 1.76 bits per heavy atom. The molecule has 19 heteroatoms. The Bertz CT molecular complexity index is 2840. The zero-order chi connectivity index (χ0) is 49.0. The van der Waals surface area contributed by atoms with E-state index in [2.05, 4.69) is 50.9 Å². The Balaban J connectivity index is 0.842. The predicted molar refractivity (Wildman–Crippen MR) is 253 cm³/mol. The maximum atomic E-state index is 14.4. The van der Waals surface area contributed by atoms with Crippen molar-refractivity contribution in [3.8, 4) is 45.1 Å². The zero-order valence-corrected chi connectivity index (χ0v) is 40.0. The number of ether oxygens (including phenoxy) is 5. The minimum absolute atomic E-state index is 0.0976. The summed E-state index contributed by atoms with van der Waals surface area (Å²) in [6, 6.07) is 14.0. The van der Waals surface area contributed by atoms with Gasteiger partial charge in [-0.2, -0.15) is 0 Å². The first-order valence-corrected chi connectivity index (χ1v) is 23.8. The highest BCUT2D eigenvalue weighted by molar-refractivity contribution is 5.88. The molecule has 10 rings (SSSR count). The molecule has 2 unspecified atom stereocenters. The molecule has 0 spiro atoms. The van der Waals surface area contributed by atoms with Crippen LogP contribution in [0, 0.1) is 11.8 Å². The van der Waals surface area contributed by atoms with E-state index in [-0.39, 0.29) is 49.5 Å². The summed E-state index contributed by atoms with van der Waals surface area (Å²) in [7, 11) is 2.54. The van der Waals surface area contributed by atoms with Gasteiger partial charge in [0.15, 0.2) is 11.5 Å². The average Bonchev–Trinajstić information content (AvgIpc) is 4.21. The Morgan fingerprint density at radius 2 is 1.23 bits per heavy atom. The highest BCUT2D eigenvalue weighted by atomic mass is 16.7. The highest BCUT2D eigenvalue weighted by Crippen LogP contribution is 2.43. The van der Waals surface area contributed by atoms with Gasteiger partial charge in [0, 0.05) is 49.6 Å². The Morgan fingerprint density at radius 1 is 0.700 bits per heavy atom. The summed E-state index contributed by atoms with van der Waals surface area (Å²) in [6.45, 7) is 9.02. The molecule has 1 aliphatic carbocycles. The number of nitrogens with zero attached hydrogens (tertiary/aromatic N) is 5. The summed E-state index contributed by atoms with van der Waals surface area (Å²) in [6.07, 6.45) is 3.75. The van der Waals surface area contributed by atoms with Crippen LogP contribution in [0.5, 0.6) is 11.5 Å². The Kier molecular flexibility index (Phi) is 12.4. The Labute approximate surface area is 404 Å². The number of benzene rings is 3. The maximum absolute atomic E-state index is 14.4. The molecule has 70 heavy (non-hydrogen) atoms. The highest BCUT2D eigenvalue weighted by Gasteiger charge is 2.44. The molecule has 5 aliphatic rings. The number of H-pyrrole nitrogens is 2. The molecule has 19 nitrogen and oxygen atoms in total. The van der Waals surface area contributed by atoms with Crippen LogP contribution in [0.25, 0.3) is 33.6 Å². The third kappa shape index (κ3) is 8.72. The minimum atomic E-state index is -0.901. The fraction of sp³-hybridized carbons (Fsp3) is 0.431. The maximum Gasteiger partial charge on any atom is 0.410 e. The number of nitrogens with one attached hydrogen (secondary N) is 4. The van der Waals surface area contributed by atoms with Gasteiger partial charge in [-0.1, -0.05) is 52.0 Å². The molecule has 3 aromatic carbocycles. The van der Waals surface area contributed by atoms with Crippen molar-refractivity contribution < 1.29 is 47.7 Å². The first kappa shape index (κ1) is 46.2. The van der Waals surface area contributed by atoms with Gasteiger partial charge >= 0.3 is 18.3 Å². The molecule has 4 N–H and O–H groups in total. The lowest BCUT2D eigenvalue weighted by molar-refractivity contribution is -0.136. The summed E-state index contributed by atoms with van der Waals surface area (Å²) < 4.78 is 26.9. The lowest BCUT2D eigenvalue weighted by Gasteiger charge is -2.29. The molecular weight excluding hydrogens is 899 g/mol. The number of hydrogen-bond acceptors (Lipinski definition) is 12. The molecule has 6 heterocycles. The number of aromatic nitrogens is 4. The molecule has 5 amide bonds. The monoisotopic (exact) mass is 955 g/mol. The van der Waals surface area contributed by atoms with Crippen molar-refractivity contribution in [2.75, 3.05) is 34.1 Å². The zero-order valence-electron chi connectivity index (χ0n) is 40.0. The average molecular weight is 956 g/mol. The summed E-state index contributed by atoms with van der Waals surface area (Å²) in [5.74, 6) is 1.63. The smallest absolute Gasteiger partial charge is 0.410 e. The van der Waals surface area contributed by atoms with Crippen LogP contribution < -0.4 is 20.1 Å². The summed E-state index contributed by atoms with van der Waals surface area (Å²) in [5, 5.41) is 5.40. The quantitative estimate of drug-likeness (QED) is 0.0966. The van der Waals surface area contributed by atoms with Gasteiger partial charge in [-0.05, 0) is 88.7 Å². The number of imidazole rings is 2. The lowest BCUT2D eigenvalue weighted by Crippen LogP contribution is -2.51. The van der Waals surface area contributed by atoms with Crippen LogP contribution in [0.2, 0.25) is 0 Å². The van der Waals surface area contributed by atoms with Crippen molar-refractivity contribution in [1.82, 2.24) is 45.3 Å². The SMILES string of the molecule is COC(=O)NC(C(=O)N1CCC[C@H]1c1nc(-c2ccc3c(c2)Cc2cc(-c4c[nH]c([C@@H]5CC(OC(=O)N6Cc7cc8c(cc7C6)OCO8)CN5C(=O)[C@@H](NC(=O)OC)C(C)C)n4)ccc2-3)c[nH]1)C(C)C. The van der Waals surface area contributed by atoms with Gasteiger partial charge in [0.2, 0.25) is 18.6 Å². The van der Waals surface area contributed by atoms with Gasteiger partial charge < -0.3 is 54.1 Å². The van der Waals surface area contributed by atoms with E-state index in [1.54, 1.807) is 14.7 Å². The predicted octanol–water partition coefficient (Wildman–Crippen LogP) is 6.99. The van der Waals surface area contributed by atoms with Gasteiger partial charge in [-0.3, -0.25) is 14.5 Å². The number of alkyl carbamates (subject to hydrolysis) is 2. The number of carbonyl (C=O) groups excluding carboxylic acids is 5. The molecule has 2 aromatic heterocycles. The fourth-order valence-corrected chi connectivity index (χ4v) is 10.4.